The molecule has 0 saturated heterocycles. The third-order valence-corrected chi connectivity index (χ3v) is 4.96. The molecule has 20 heavy (non-hydrogen) atoms. The summed E-state index contributed by atoms with van der Waals surface area (Å²) < 4.78 is 53.2. The largest absolute Gasteiger partial charge is 0.274 e. The summed E-state index contributed by atoms with van der Waals surface area (Å²) in [5.41, 5.74) is -0.724. The summed E-state index contributed by atoms with van der Waals surface area (Å²) in [5, 5.41) is 0.320. The maximum absolute atomic E-state index is 13.4. The SMILES string of the molecule is O=S(=O)(Nc1c(F)cccc1F)c1ccc(Cl)c(Br)c1. The van der Waals surface area contributed by atoms with Crippen molar-refractivity contribution >= 4 is 43.2 Å². The molecule has 0 aliphatic carbocycles. The molecule has 0 spiro atoms. The lowest BCUT2D eigenvalue weighted by molar-refractivity contribution is 0.583. The van der Waals surface area contributed by atoms with Crippen molar-refractivity contribution in [3.63, 3.8) is 0 Å². The lowest BCUT2D eigenvalue weighted by Gasteiger charge is -2.10. The number of halogens is 4. The van der Waals surface area contributed by atoms with E-state index in [4.69, 9.17) is 11.6 Å². The van der Waals surface area contributed by atoms with Crippen LogP contribution in [0.5, 0.6) is 0 Å². The van der Waals surface area contributed by atoms with Gasteiger partial charge < -0.3 is 0 Å². The average Bonchev–Trinajstić information content (AvgIpc) is 2.37. The number of anilines is 1. The first kappa shape index (κ1) is 15.2. The monoisotopic (exact) mass is 381 g/mol. The van der Waals surface area contributed by atoms with Crippen molar-refractivity contribution in [1.29, 1.82) is 0 Å². The molecule has 0 radical (unpaired) electrons. The summed E-state index contributed by atoms with van der Waals surface area (Å²) in [5.74, 6) is -2.00. The maximum Gasteiger partial charge on any atom is 0.262 e. The van der Waals surface area contributed by atoms with Gasteiger partial charge in [-0.2, -0.15) is 0 Å². The van der Waals surface area contributed by atoms with Gasteiger partial charge >= 0.3 is 0 Å². The first-order valence-electron chi connectivity index (χ1n) is 5.23. The van der Waals surface area contributed by atoms with Crippen LogP contribution in [0.4, 0.5) is 14.5 Å². The van der Waals surface area contributed by atoms with Crippen LogP contribution in [0.25, 0.3) is 0 Å². The third kappa shape index (κ3) is 3.11. The van der Waals surface area contributed by atoms with Gasteiger partial charge in [-0.25, -0.2) is 17.2 Å². The zero-order chi connectivity index (χ0) is 14.9. The second-order valence-electron chi connectivity index (χ2n) is 3.78. The summed E-state index contributed by atoms with van der Waals surface area (Å²) in [6.07, 6.45) is 0. The Hall–Kier alpha value is -1.18. The van der Waals surface area contributed by atoms with Gasteiger partial charge in [0.1, 0.15) is 17.3 Å². The summed E-state index contributed by atoms with van der Waals surface area (Å²) in [7, 11) is -4.12. The molecule has 0 aliphatic rings. The molecule has 0 unspecified atom stereocenters. The molecule has 1 N–H and O–H groups in total. The van der Waals surface area contributed by atoms with E-state index in [0.717, 1.165) is 18.2 Å². The molecule has 0 heterocycles. The van der Waals surface area contributed by atoms with E-state index in [1.165, 1.54) is 18.2 Å². The highest BCUT2D eigenvalue weighted by Gasteiger charge is 2.19. The smallest absolute Gasteiger partial charge is 0.262 e. The molecule has 106 valence electrons. The second kappa shape index (κ2) is 5.67. The highest BCUT2D eigenvalue weighted by atomic mass is 79.9. The van der Waals surface area contributed by atoms with Crippen LogP contribution in [-0.4, -0.2) is 8.42 Å². The van der Waals surface area contributed by atoms with Crippen molar-refractivity contribution in [2.75, 3.05) is 4.72 Å². The fourth-order valence-electron chi connectivity index (χ4n) is 1.43. The van der Waals surface area contributed by atoms with Gasteiger partial charge in [-0.1, -0.05) is 17.7 Å². The Labute approximate surface area is 127 Å². The first-order chi connectivity index (χ1) is 9.31. The van der Waals surface area contributed by atoms with Gasteiger partial charge in [0.15, 0.2) is 0 Å². The fourth-order valence-corrected chi connectivity index (χ4v) is 3.18. The van der Waals surface area contributed by atoms with Crippen molar-refractivity contribution in [3.05, 3.63) is 57.5 Å². The van der Waals surface area contributed by atoms with E-state index < -0.39 is 27.3 Å². The number of rotatable bonds is 3. The topological polar surface area (TPSA) is 46.2 Å². The molecule has 0 saturated carbocycles. The van der Waals surface area contributed by atoms with Crippen LogP contribution in [0.2, 0.25) is 5.02 Å². The summed E-state index contributed by atoms with van der Waals surface area (Å²) >= 11 is 8.84. The standard InChI is InChI=1S/C12H7BrClF2NO2S/c13-8-6-7(4-5-9(8)14)20(18,19)17-12-10(15)2-1-3-11(12)16/h1-6,17H. The zero-order valence-electron chi connectivity index (χ0n) is 9.70. The van der Waals surface area contributed by atoms with Crippen LogP contribution < -0.4 is 4.72 Å². The molecule has 0 atom stereocenters. The highest BCUT2D eigenvalue weighted by molar-refractivity contribution is 9.10. The van der Waals surface area contributed by atoms with E-state index in [1.807, 2.05) is 4.72 Å². The Bertz CT molecular complexity index is 748. The van der Waals surface area contributed by atoms with Crippen molar-refractivity contribution in [3.8, 4) is 0 Å². The number of para-hydroxylation sites is 1. The molecular weight excluding hydrogens is 376 g/mol. The molecule has 3 nitrogen and oxygen atoms in total. The van der Waals surface area contributed by atoms with Crippen LogP contribution in [0.3, 0.4) is 0 Å². The minimum Gasteiger partial charge on any atom is -0.274 e. The van der Waals surface area contributed by atoms with E-state index in [1.54, 1.807) is 0 Å². The Morgan fingerprint density at radius 1 is 1.10 bits per heavy atom. The Morgan fingerprint density at radius 2 is 1.70 bits per heavy atom. The first-order valence-corrected chi connectivity index (χ1v) is 7.88. The predicted octanol–water partition coefficient (Wildman–Crippen LogP) is 4.18. The summed E-state index contributed by atoms with van der Waals surface area (Å²) in [6, 6.07) is 6.88. The van der Waals surface area contributed by atoms with Gasteiger partial charge in [-0.3, -0.25) is 4.72 Å². The zero-order valence-corrected chi connectivity index (χ0v) is 12.9. The van der Waals surface area contributed by atoms with Crippen molar-refractivity contribution < 1.29 is 17.2 Å². The number of hydrogen-bond donors (Lipinski definition) is 1. The normalized spacial score (nSPS) is 11.4. The van der Waals surface area contributed by atoms with Crippen LogP contribution in [0.1, 0.15) is 0 Å². The van der Waals surface area contributed by atoms with Gasteiger partial charge in [0.05, 0.1) is 9.92 Å². The fraction of sp³-hybridized carbons (Fsp3) is 0. The Balaban J connectivity index is 2.43. The molecule has 2 aromatic rings. The number of sulfonamides is 1. The van der Waals surface area contributed by atoms with Gasteiger partial charge in [-0.05, 0) is 46.3 Å². The molecule has 0 aliphatic heterocycles. The minimum absolute atomic E-state index is 0.170. The summed E-state index contributed by atoms with van der Waals surface area (Å²) in [4.78, 5) is -0.170. The van der Waals surface area contributed by atoms with E-state index in [0.29, 0.717) is 9.50 Å². The van der Waals surface area contributed by atoms with Crippen molar-refractivity contribution in [1.82, 2.24) is 0 Å². The third-order valence-electron chi connectivity index (χ3n) is 2.40. The van der Waals surface area contributed by atoms with Gasteiger partial charge in [0, 0.05) is 4.47 Å². The Kier molecular flexibility index (Phi) is 4.31. The van der Waals surface area contributed by atoms with Gasteiger partial charge in [0.2, 0.25) is 0 Å². The molecule has 2 aromatic carbocycles. The lowest BCUT2D eigenvalue weighted by atomic mass is 10.3. The van der Waals surface area contributed by atoms with E-state index >= 15 is 0 Å². The number of nitrogens with one attached hydrogen (secondary N) is 1. The molecule has 2 rings (SSSR count). The molecular formula is C12H7BrClF2NO2S. The van der Waals surface area contributed by atoms with E-state index in [-0.39, 0.29) is 4.90 Å². The van der Waals surface area contributed by atoms with Crippen molar-refractivity contribution in [2.24, 2.45) is 0 Å². The predicted molar refractivity (Wildman–Crippen MR) is 76.3 cm³/mol. The molecule has 0 bridgehead atoms. The Morgan fingerprint density at radius 3 is 2.25 bits per heavy atom. The van der Waals surface area contributed by atoms with Crippen LogP contribution in [-0.2, 0) is 10.0 Å². The maximum atomic E-state index is 13.4. The second-order valence-corrected chi connectivity index (χ2v) is 6.72. The minimum atomic E-state index is -4.12. The van der Waals surface area contributed by atoms with Crippen molar-refractivity contribution in [2.45, 2.75) is 4.90 Å². The molecule has 8 heteroatoms. The number of hydrogen-bond acceptors (Lipinski definition) is 2. The van der Waals surface area contributed by atoms with E-state index in [9.17, 15) is 17.2 Å². The van der Waals surface area contributed by atoms with Gasteiger partial charge in [0.25, 0.3) is 10.0 Å². The summed E-state index contributed by atoms with van der Waals surface area (Å²) in [6.45, 7) is 0. The van der Waals surface area contributed by atoms with E-state index in [2.05, 4.69) is 15.9 Å². The van der Waals surface area contributed by atoms with Crippen LogP contribution in [0.15, 0.2) is 45.8 Å². The quantitative estimate of drug-likeness (QED) is 0.865. The molecule has 0 amide bonds. The van der Waals surface area contributed by atoms with Gasteiger partial charge in [-0.15, -0.1) is 0 Å². The highest BCUT2D eigenvalue weighted by Crippen LogP contribution is 2.27. The number of benzene rings is 2. The van der Waals surface area contributed by atoms with Crippen LogP contribution in [0, 0.1) is 11.6 Å². The molecule has 0 aromatic heterocycles. The lowest BCUT2D eigenvalue weighted by Crippen LogP contribution is -2.15. The molecule has 0 fully saturated rings. The van der Waals surface area contributed by atoms with Crippen LogP contribution >= 0.6 is 27.5 Å². The average molecular weight is 383 g/mol.